The summed E-state index contributed by atoms with van der Waals surface area (Å²) in [5, 5.41) is 0. The standard InChI is InChI=1S/C15H23NO/c1-11(2)16(12(3)4)15(17)10-14-9-7-6-8-13(14)5/h6-9,11-12H,10H2,1-5H3/i10D. The summed E-state index contributed by atoms with van der Waals surface area (Å²) in [6.45, 7) is 9.90. The van der Waals surface area contributed by atoms with E-state index in [4.69, 9.17) is 1.37 Å². The molecule has 2 nitrogen and oxygen atoms in total. The highest BCUT2D eigenvalue weighted by molar-refractivity contribution is 5.79. The predicted molar refractivity (Wildman–Crippen MR) is 72.0 cm³/mol. The van der Waals surface area contributed by atoms with Crippen molar-refractivity contribution in [3.05, 3.63) is 35.4 Å². The Hall–Kier alpha value is -1.31. The second kappa shape index (κ2) is 5.85. The van der Waals surface area contributed by atoms with Crippen molar-refractivity contribution in [1.82, 2.24) is 4.90 Å². The summed E-state index contributed by atoms with van der Waals surface area (Å²) in [6, 6.07) is 7.86. The van der Waals surface area contributed by atoms with Gasteiger partial charge in [0.25, 0.3) is 0 Å². The Kier molecular flexibility index (Phi) is 4.18. The Morgan fingerprint density at radius 2 is 1.76 bits per heavy atom. The van der Waals surface area contributed by atoms with E-state index in [0.29, 0.717) is 0 Å². The quantitative estimate of drug-likeness (QED) is 0.783. The van der Waals surface area contributed by atoms with Gasteiger partial charge in [0.1, 0.15) is 0 Å². The maximum Gasteiger partial charge on any atom is 0.227 e. The molecule has 0 spiro atoms. The number of hydrogen-bond donors (Lipinski definition) is 0. The maximum absolute atomic E-state index is 12.4. The third kappa shape index (κ3) is 3.58. The molecule has 0 bridgehead atoms. The van der Waals surface area contributed by atoms with Crippen molar-refractivity contribution in [1.29, 1.82) is 0 Å². The van der Waals surface area contributed by atoms with E-state index in [9.17, 15) is 4.79 Å². The van der Waals surface area contributed by atoms with Gasteiger partial charge in [-0.05, 0) is 45.7 Å². The van der Waals surface area contributed by atoms with Gasteiger partial charge in [-0.25, -0.2) is 0 Å². The number of carbonyl (C=O) groups excluding carboxylic acids is 1. The van der Waals surface area contributed by atoms with Crippen LogP contribution in [0.5, 0.6) is 0 Å². The molecule has 17 heavy (non-hydrogen) atoms. The molecule has 0 fully saturated rings. The van der Waals surface area contributed by atoms with E-state index in [1.165, 1.54) is 0 Å². The van der Waals surface area contributed by atoms with Crippen molar-refractivity contribution in [3.63, 3.8) is 0 Å². The molecule has 1 atom stereocenters. The first-order valence-corrected chi connectivity index (χ1v) is 6.16. The van der Waals surface area contributed by atoms with Crippen LogP contribution in [-0.2, 0) is 11.2 Å². The van der Waals surface area contributed by atoms with E-state index < -0.39 is 6.40 Å². The minimum Gasteiger partial charge on any atom is -0.338 e. The molecule has 1 amide bonds. The van der Waals surface area contributed by atoms with Gasteiger partial charge >= 0.3 is 0 Å². The van der Waals surface area contributed by atoms with E-state index in [0.717, 1.165) is 11.1 Å². The second-order valence-electron chi connectivity index (χ2n) is 4.93. The van der Waals surface area contributed by atoms with Crippen molar-refractivity contribution >= 4 is 5.91 Å². The average Bonchev–Trinajstić information content (AvgIpc) is 2.27. The van der Waals surface area contributed by atoms with Crippen molar-refractivity contribution in [2.45, 2.75) is 53.1 Å². The van der Waals surface area contributed by atoms with Crippen LogP contribution in [0.2, 0.25) is 0 Å². The number of benzene rings is 1. The van der Waals surface area contributed by atoms with Crippen LogP contribution in [0.15, 0.2) is 24.3 Å². The van der Waals surface area contributed by atoms with Crippen LogP contribution in [-0.4, -0.2) is 22.9 Å². The highest BCUT2D eigenvalue weighted by atomic mass is 16.2. The van der Waals surface area contributed by atoms with E-state index in [1.54, 1.807) is 4.90 Å². The van der Waals surface area contributed by atoms with Gasteiger partial charge in [-0.2, -0.15) is 0 Å². The lowest BCUT2D eigenvalue weighted by Gasteiger charge is -2.31. The molecule has 1 unspecified atom stereocenters. The van der Waals surface area contributed by atoms with E-state index >= 15 is 0 Å². The first-order valence-electron chi connectivity index (χ1n) is 6.74. The minimum atomic E-state index is -0.823. The zero-order valence-corrected chi connectivity index (χ0v) is 11.4. The maximum atomic E-state index is 12.4. The number of rotatable bonds is 4. The molecule has 0 N–H and O–H groups in total. The highest BCUT2D eigenvalue weighted by Gasteiger charge is 2.20. The highest BCUT2D eigenvalue weighted by Crippen LogP contribution is 2.12. The van der Waals surface area contributed by atoms with Crippen LogP contribution < -0.4 is 0 Å². The normalized spacial score (nSPS) is 13.7. The van der Waals surface area contributed by atoms with Gasteiger partial charge in [0.05, 0.1) is 6.40 Å². The molecule has 0 aromatic heterocycles. The Morgan fingerprint density at radius 3 is 2.24 bits per heavy atom. The van der Waals surface area contributed by atoms with Gasteiger partial charge in [-0.3, -0.25) is 4.79 Å². The summed E-state index contributed by atoms with van der Waals surface area (Å²) in [4.78, 5) is 14.2. The summed E-state index contributed by atoms with van der Waals surface area (Å²) in [5.41, 5.74) is 1.80. The monoisotopic (exact) mass is 234 g/mol. The van der Waals surface area contributed by atoms with Crippen LogP contribution >= 0.6 is 0 Å². The molecule has 0 heterocycles. The molecule has 0 aliphatic rings. The third-order valence-corrected chi connectivity index (χ3v) is 2.83. The van der Waals surface area contributed by atoms with Crippen LogP contribution in [0.1, 0.15) is 40.2 Å². The number of amides is 1. The zero-order valence-electron chi connectivity index (χ0n) is 12.4. The fraction of sp³-hybridized carbons (Fsp3) is 0.533. The molecule has 0 radical (unpaired) electrons. The summed E-state index contributed by atoms with van der Waals surface area (Å²) in [6.07, 6.45) is -0.823. The molecule has 1 aromatic carbocycles. The van der Waals surface area contributed by atoms with Crippen molar-refractivity contribution < 1.29 is 6.17 Å². The van der Waals surface area contributed by atoms with Crippen molar-refractivity contribution in [2.75, 3.05) is 0 Å². The van der Waals surface area contributed by atoms with Crippen molar-refractivity contribution in [3.8, 4) is 0 Å². The van der Waals surface area contributed by atoms with Crippen LogP contribution in [0.3, 0.4) is 0 Å². The number of nitrogens with zero attached hydrogens (tertiary/aromatic N) is 1. The molecule has 1 rings (SSSR count). The first kappa shape index (κ1) is 12.2. The molecule has 0 aliphatic carbocycles. The van der Waals surface area contributed by atoms with Gasteiger partial charge in [-0.15, -0.1) is 0 Å². The van der Waals surface area contributed by atoms with Crippen LogP contribution in [0.4, 0.5) is 0 Å². The molecule has 0 saturated heterocycles. The lowest BCUT2D eigenvalue weighted by molar-refractivity contribution is -0.134. The third-order valence-electron chi connectivity index (χ3n) is 2.83. The van der Waals surface area contributed by atoms with Crippen LogP contribution in [0.25, 0.3) is 0 Å². The second-order valence-corrected chi connectivity index (χ2v) is 4.93. The van der Waals surface area contributed by atoms with Crippen molar-refractivity contribution in [2.24, 2.45) is 0 Å². The SMILES string of the molecule is [2H]C(C(=O)N(C(C)C)C(C)C)c1ccccc1C. The van der Waals surface area contributed by atoms with E-state index in [-0.39, 0.29) is 18.0 Å². The molecule has 0 saturated carbocycles. The topological polar surface area (TPSA) is 20.3 Å². The van der Waals surface area contributed by atoms with Gasteiger partial charge in [0.15, 0.2) is 0 Å². The molecular weight excluding hydrogens is 210 g/mol. The zero-order chi connectivity index (χ0) is 13.9. The summed E-state index contributed by atoms with van der Waals surface area (Å²) in [5.74, 6) is -0.116. The fourth-order valence-electron chi connectivity index (χ4n) is 2.06. The Balaban J connectivity index is 3.00. The number of carbonyl (C=O) groups is 1. The molecule has 1 aromatic rings. The number of aryl methyl sites for hydroxylation is 1. The minimum absolute atomic E-state index is 0.116. The molecule has 94 valence electrons. The molecule has 0 aliphatic heterocycles. The largest absolute Gasteiger partial charge is 0.338 e. The predicted octanol–water partition coefficient (Wildman–Crippen LogP) is 3.18. The first-order chi connectivity index (χ1) is 8.36. The Bertz CT molecular complexity index is 407. The average molecular weight is 234 g/mol. The molecule has 2 heteroatoms. The van der Waals surface area contributed by atoms with Crippen LogP contribution in [0, 0.1) is 6.92 Å². The lowest BCUT2D eigenvalue weighted by atomic mass is 10.0. The van der Waals surface area contributed by atoms with Gasteiger partial charge in [0.2, 0.25) is 5.91 Å². The Labute approximate surface area is 106 Å². The smallest absolute Gasteiger partial charge is 0.227 e. The number of hydrogen-bond acceptors (Lipinski definition) is 1. The fourth-order valence-corrected chi connectivity index (χ4v) is 2.06. The lowest BCUT2D eigenvalue weighted by Crippen LogP contribution is -2.42. The summed E-state index contributed by atoms with van der Waals surface area (Å²) < 4.78 is 8.19. The molecular formula is C15H23NO. The summed E-state index contributed by atoms with van der Waals surface area (Å²) in [7, 11) is 0. The van der Waals surface area contributed by atoms with Gasteiger partial charge < -0.3 is 4.90 Å². The van der Waals surface area contributed by atoms with Gasteiger partial charge in [0, 0.05) is 13.5 Å². The van der Waals surface area contributed by atoms with E-state index in [2.05, 4.69) is 0 Å². The van der Waals surface area contributed by atoms with E-state index in [1.807, 2.05) is 58.9 Å². The van der Waals surface area contributed by atoms with Gasteiger partial charge in [-0.1, -0.05) is 24.3 Å². The Morgan fingerprint density at radius 1 is 1.24 bits per heavy atom. The summed E-state index contributed by atoms with van der Waals surface area (Å²) >= 11 is 0.